The van der Waals surface area contributed by atoms with Crippen LogP contribution in [0.15, 0.2) is 35.5 Å². The highest BCUT2D eigenvalue weighted by Crippen LogP contribution is 2.27. The first-order valence-electron chi connectivity index (χ1n) is 10.4. The van der Waals surface area contributed by atoms with Crippen molar-refractivity contribution >= 4 is 46.4 Å². The van der Waals surface area contributed by atoms with Crippen molar-refractivity contribution < 1.29 is 14.7 Å². The summed E-state index contributed by atoms with van der Waals surface area (Å²) in [4.78, 5) is 43.6. The first kappa shape index (κ1) is 22.0. The van der Waals surface area contributed by atoms with Crippen LogP contribution < -0.4 is 20.0 Å². The van der Waals surface area contributed by atoms with Gasteiger partial charge in [-0.1, -0.05) is 0 Å². The van der Waals surface area contributed by atoms with Gasteiger partial charge in [-0.2, -0.15) is 4.98 Å². The molecule has 2 saturated heterocycles. The quantitative estimate of drug-likeness (QED) is 0.618. The van der Waals surface area contributed by atoms with Crippen molar-refractivity contribution in [2.75, 3.05) is 61.1 Å². The van der Waals surface area contributed by atoms with E-state index in [2.05, 4.69) is 25.1 Å². The fraction of sp³-hybridized carbons (Fsp3) is 0.381. The second kappa shape index (κ2) is 9.96. The highest BCUT2D eigenvalue weighted by Gasteiger charge is 2.26. The summed E-state index contributed by atoms with van der Waals surface area (Å²) in [6.07, 6.45) is 6.13. The third-order valence-electron chi connectivity index (χ3n) is 5.27. The van der Waals surface area contributed by atoms with Gasteiger partial charge in [0.15, 0.2) is 0 Å². The van der Waals surface area contributed by atoms with Crippen molar-refractivity contribution in [3.8, 4) is 0 Å². The first-order chi connectivity index (χ1) is 15.5. The van der Waals surface area contributed by atoms with Gasteiger partial charge >= 0.3 is 0 Å². The van der Waals surface area contributed by atoms with Crippen molar-refractivity contribution in [3.05, 3.63) is 41.2 Å². The van der Waals surface area contributed by atoms with Crippen LogP contribution in [-0.4, -0.2) is 77.6 Å². The lowest BCUT2D eigenvalue weighted by atomic mass is 10.3. The Bertz CT molecular complexity index is 1020. The molecule has 0 aliphatic carbocycles. The number of hydrogen-bond donors (Lipinski definition) is 2. The summed E-state index contributed by atoms with van der Waals surface area (Å²) >= 11 is 0.858. The normalized spacial score (nSPS) is 18.1. The van der Waals surface area contributed by atoms with Gasteiger partial charge in [0.1, 0.15) is 5.82 Å². The lowest BCUT2D eigenvalue weighted by Gasteiger charge is -2.25. The van der Waals surface area contributed by atoms with Crippen LogP contribution in [0.1, 0.15) is 12.1 Å². The van der Waals surface area contributed by atoms with Crippen molar-refractivity contribution in [1.29, 1.82) is 0 Å². The van der Waals surface area contributed by atoms with Crippen LogP contribution in [0.25, 0.3) is 6.08 Å². The number of likely N-dealkylation sites (N-methyl/N-ethyl adjacent to an activating group) is 1. The summed E-state index contributed by atoms with van der Waals surface area (Å²) in [5.41, 5.74) is 1.68. The van der Waals surface area contributed by atoms with E-state index in [9.17, 15) is 14.7 Å². The van der Waals surface area contributed by atoms with Crippen molar-refractivity contribution in [2.45, 2.75) is 6.42 Å². The van der Waals surface area contributed by atoms with Crippen LogP contribution in [0.4, 0.5) is 22.2 Å². The Labute approximate surface area is 190 Å². The minimum absolute atomic E-state index is 0.0103. The molecule has 0 aromatic carbocycles. The highest BCUT2D eigenvalue weighted by atomic mass is 32.2. The Morgan fingerprint density at radius 2 is 1.91 bits per heavy atom. The van der Waals surface area contributed by atoms with Crippen LogP contribution in [-0.2, 0) is 4.79 Å². The van der Waals surface area contributed by atoms with Gasteiger partial charge in [0.05, 0.1) is 17.2 Å². The summed E-state index contributed by atoms with van der Waals surface area (Å²) in [5, 5.41) is 11.2. The van der Waals surface area contributed by atoms with E-state index in [1.165, 1.54) is 0 Å². The number of hydrogen-bond acceptors (Lipinski definition) is 10. The molecule has 0 spiro atoms. The van der Waals surface area contributed by atoms with E-state index in [0.29, 0.717) is 28.9 Å². The number of rotatable bonds is 6. The zero-order valence-electron chi connectivity index (χ0n) is 17.8. The van der Waals surface area contributed by atoms with Gasteiger partial charge in [-0.25, -0.2) is 4.98 Å². The van der Waals surface area contributed by atoms with Gasteiger partial charge in [0.25, 0.3) is 11.1 Å². The number of aliphatic hydroxyl groups is 1. The molecule has 2 aromatic heterocycles. The molecule has 10 nitrogen and oxygen atoms in total. The Morgan fingerprint density at radius 3 is 2.62 bits per heavy atom. The predicted octanol–water partition coefficient (Wildman–Crippen LogP) is 1.34. The molecule has 4 rings (SSSR count). The number of carbonyl (C=O) groups is 2. The molecule has 2 aliphatic rings. The lowest BCUT2D eigenvalue weighted by molar-refractivity contribution is -0.115. The van der Waals surface area contributed by atoms with Gasteiger partial charge < -0.3 is 19.8 Å². The third-order valence-corrected chi connectivity index (χ3v) is 6.09. The van der Waals surface area contributed by atoms with Crippen LogP contribution in [0.5, 0.6) is 0 Å². The first-order valence-corrected chi connectivity index (χ1v) is 11.2. The minimum Gasteiger partial charge on any atom is -0.395 e. The maximum absolute atomic E-state index is 12.0. The number of nitrogens with zero attached hydrogens (tertiary/aromatic N) is 6. The standard InChI is InChI=1S/C21H25N7O3S/c1-26(11-12-29)18-14-15(13-17-19(30)25-21(31)32-17)23-20(24-18)28-8-2-7-27(9-10-28)16-3-5-22-6-4-16/h3-6,13-14,29H,2,7-12H2,1H3,(H,25,30,31)/b17-13-. The lowest BCUT2D eigenvalue weighted by Crippen LogP contribution is -2.32. The fourth-order valence-electron chi connectivity index (χ4n) is 3.60. The molecule has 4 heterocycles. The molecule has 32 heavy (non-hydrogen) atoms. The van der Waals surface area contributed by atoms with E-state index < -0.39 is 11.1 Å². The Balaban J connectivity index is 1.60. The number of thioether (sulfide) groups is 1. The van der Waals surface area contributed by atoms with Crippen LogP contribution in [0.3, 0.4) is 0 Å². The number of imide groups is 1. The number of pyridine rings is 1. The molecule has 0 atom stereocenters. The number of aromatic nitrogens is 3. The van der Waals surface area contributed by atoms with Crippen LogP contribution >= 0.6 is 11.8 Å². The SMILES string of the molecule is CN(CCO)c1cc(/C=C2\SC(=O)NC2=O)nc(N2CCCN(c3ccncc3)CC2)n1. The van der Waals surface area contributed by atoms with Gasteiger partial charge in [0, 0.05) is 63.9 Å². The van der Waals surface area contributed by atoms with Gasteiger partial charge in [-0.3, -0.25) is 19.9 Å². The average Bonchev–Trinajstić information content (AvgIpc) is 2.98. The minimum atomic E-state index is -0.423. The maximum Gasteiger partial charge on any atom is 0.290 e. The number of nitrogens with one attached hydrogen (secondary N) is 1. The Hall–Kier alpha value is -3.18. The fourth-order valence-corrected chi connectivity index (χ4v) is 4.27. The van der Waals surface area contributed by atoms with Crippen LogP contribution in [0, 0.1) is 0 Å². The van der Waals surface area contributed by atoms with E-state index in [1.807, 2.05) is 24.1 Å². The number of anilines is 3. The average molecular weight is 456 g/mol. The molecule has 0 bridgehead atoms. The molecule has 2 amide bonds. The molecule has 2 aliphatic heterocycles. The Kier molecular flexibility index (Phi) is 6.86. The van der Waals surface area contributed by atoms with E-state index in [1.54, 1.807) is 24.5 Å². The van der Waals surface area contributed by atoms with E-state index >= 15 is 0 Å². The largest absolute Gasteiger partial charge is 0.395 e. The molecule has 168 valence electrons. The second-order valence-electron chi connectivity index (χ2n) is 7.48. The maximum atomic E-state index is 12.0. The summed E-state index contributed by atoms with van der Waals surface area (Å²) < 4.78 is 0. The summed E-state index contributed by atoms with van der Waals surface area (Å²) in [6.45, 7) is 3.66. The summed E-state index contributed by atoms with van der Waals surface area (Å²) in [5.74, 6) is 0.777. The molecule has 0 radical (unpaired) electrons. The molecular formula is C21H25N7O3S. The topological polar surface area (TPSA) is 115 Å². The smallest absolute Gasteiger partial charge is 0.290 e. The van der Waals surface area contributed by atoms with E-state index in [4.69, 9.17) is 4.98 Å². The zero-order valence-corrected chi connectivity index (χ0v) is 18.6. The summed E-state index contributed by atoms with van der Waals surface area (Å²) in [6, 6.07) is 5.77. The van der Waals surface area contributed by atoms with Gasteiger partial charge in [-0.05, 0) is 36.4 Å². The van der Waals surface area contributed by atoms with Gasteiger partial charge in [-0.15, -0.1) is 0 Å². The van der Waals surface area contributed by atoms with Crippen molar-refractivity contribution in [2.24, 2.45) is 0 Å². The van der Waals surface area contributed by atoms with Gasteiger partial charge in [0.2, 0.25) is 5.95 Å². The van der Waals surface area contributed by atoms with E-state index in [0.717, 1.165) is 50.0 Å². The third kappa shape index (κ3) is 5.17. The molecule has 2 N–H and O–H groups in total. The van der Waals surface area contributed by atoms with E-state index in [-0.39, 0.29) is 6.61 Å². The molecular weight excluding hydrogens is 430 g/mol. The number of amides is 2. The molecule has 11 heteroatoms. The predicted molar refractivity (Wildman–Crippen MR) is 125 cm³/mol. The summed E-state index contributed by atoms with van der Waals surface area (Å²) in [7, 11) is 1.84. The number of aliphatic hydroxyl groups excluding tert-OH is 1. The molecule has 0 unspecified atom stereocenters. The number of carbonyl (C=O) groups excluding carboxylic acids is 2. The van der Waals surface area contributed by atoms with Crippen molar-refractivity contribution in [1.82, 2.24) is 20.3 Å². The second-order valence-corrected chi connectivity index (χ2v) is 8.50. The molecule has 2 aromatic rings. The van der Waals surface area contributed by atoms with Crippen LogP contribution in [0.2, 0.25) is 0 Å². The van der Waals surface area contributed by atoms with Crippen molar-refractivity contribution in [3.63, 3.8) is 0 Å². The highest BCUT2D eigenvalue weighted by molar-refractivity contribution is 8.18. The Morgan fingerprint density at radius 1 is 1.16 bits per heavy atom. The molecule has 0 saturated carbocycles. The monoisotopic (exact) mass is 455 g/mol. The molecule has 2 fully saturated rings. The zero-order chi connectivity index (χ0) is 22.5.